The van der Waals surface area contributed by atoms with Gasteiger partial charge in [-0.05, 0) is 38.6 Å². The lowest BCUT2D eigenvalue weighted by Crippen LogP contribution is -2.14. The lowest BCUT2D eigenvalue weighted by atomic mass is 10.1. The smallest absolute Gasteiger partial charge is 0.226 e. The highest BCUT2D eigenvalue weighted by molar-refractivity contribution is 9.10. The van der Waals surface area contributed by atoms with Crippen LogP contribution in [-0.4, -0.2) is 17.2 Å². The number of nitrogens with zero attached hydrogens (tertiary/aromatic N) is 2. The molecule has 2 aromatic rings. The number of halogens is 1. The van der Waals surface area contributed by atoms with E-state index in [-0.39, 0.29) is 6.04 Å². The van der Waals surface area contributed by atoms with Crippen molar-refractivity contribution in [2.45, 2.75) is 39.3 Å². The lowest BCUT2D eigenvalue weighted by molar-refractivity contribution is 0.280. The van der Waals surface area contributed by atoms with Gasteiger partial charge in [0.05, 0.1) is 0 Å². The molecule has 6 heteroatoms. The summed E-state index contributed by atoms with van der Waals surface area (Å²) in [4.78, 5) is 4.30. The van der Waals surface area contributed by atoms with E-state index < -0.39 is 0 Å². The zero-order chi connectivity index (χ0) is 15.2. The Labute approximate surface area is 133 Å². The maximum Gasteiger partial charge on any atom is 0.226 e. The van der Waals surface area contributed by atoms with Crippen LogP contribution in [0.2, 0.25) is 0 Å². The van der Waals surface area contributed by atoms with Crippen LogP contribution in [0.4, 0.5) is 0 Å². The second-order valence-corrected chi connectivity index (χ2v) is 5.75. The summed E-state index contributed by atoms with van der Waals surface area (Å²) < 4.78 is 12.0. The fraction of sp³-hybridized carbons (Fsp3) is 0.467. The van der Waals surface area contributed by atoms with Crippen LogP contribution in [0.5, 0.6) is 5.75 Å². The molecule has 2 rings (SSSR count). The van der Waals surface area contributed by atoms with Crippen LogP contribution in [0.25, 0.3) is 0 Å². The van der Waals surface area contributed by atoms with E-state index in [1.807, 2.05) is 19.2 Å². The summed E-state index contributed by atoms with van der Waals surface area (Å²) in [6, 6.07) is 6.15. The summed E-state index contributed by atoms with van der Waals surface area (Å²) in [5.41, 5.74) is 1.09. The molecule has 1 aromatic carbocycles. The minimum atomic E-state index is 0.193. The minimum Gasteiger partial charge on any atom is -0.485 e. The largest absolute Gasteiger partial charge is 0.485 e. The second-order valence-electron chi connectivity index (χ2n) is 4.84. The van der Waals surface area contributed by atoms with Crippen molar-refractivity contribution in [1.29, 1.82) is 0 Å². The molecule has 0 spiro atoms. The molecule has 0 fully saturated rings. The van der Waals surface area contributed by atoms with Crippen LogP contribution in [0.3, 0.4) is 0 Å². The summed E-state index contributed by atoms with van der Waals surface area (Å²) >= 11 is 3.49. The maximum absolute atomic E-state index is 5.85. The Hall–Kier alpha value is -1.40. The second kappa shape index (κ2) is 7.56. The zero-order valence-corrected chi connectivity index (χ0v) is 14.1. The van der Waals surface area contributed by atoms with E-state index in [1.54, 1.807) is 0 Å². The van der Waals surface area contributed by atoms with E-state index in [2.05, 4.69) is 51.3 Å². The monoisotopic (exact) mass is 353 g/mol. The van der Waals surface area contributed by atoms with Crippen LogP contribution in [0, 0.1) is 0 Å². The maximum atomic E-state index is 5.85. The quantitative estimate of drug-likeness (QED) is 0.823. The molecule has 1 aromatic heterocycles. The molecule has 0 bridgehead atoms. The number of nitrogens with one attached hydrogen (secondary N) is 1. The Morgan fingerprint density at radius 2 is 2.24 bits per heavy atom. The third-order valence-corrected chi connectivity index (χ3v) is 3.70. The van der Waals surface area contributed by atoms with E-state index >= 15 is 0 Å². The predicted molar refractivity (Wildman–Crippen MR) is 84.2 cm³/mol. The molecule has 0 aliphatic heterocycles. The number of rotatable bonds is 7. The van der Waals surface area contributed by atoms with Crippen molar-refractivity contribution >= 4 is 15.9 Å². The molecule has 0 amide bonds. The molecule has 0 aliphatic carbocycles. The van der Waals surface area contributed by atoms with Crippen LogP contribution in [0.15, 0.2) is 27.2 Å². The highest BCUT2D eigenvalue weighted by Crippen LogP contribution is 2.28. The van der Waals surface area contributed by atoms with Gasteiger partial charge in [0, 0.05) is 22.5 Å². The average molecular weight is 354 g/mol. The van der Waals surface area contributed by atoms with Gasteiger partial charge in [0.25, 0.3) is 0 Å². The fourth-order valence-electron chi connectivity index (χ4n) is 1.95. The van der Waals surface area contributed by atoms with Crippen molar-refractivity contribution in [2.24, 2.45) is 0 Å². The third-order valence-electron chi connectivity index (χ3n) is 3.20. The molecule has 5 nitrogen and oxygen atoms in total. The predicted octanol–water partition coefficient (Wildman–Crippen LogP) is 3.64. The van der Waals surface area contributed by atoms with Crippen molar-refractivity contribution in [3.63, 3.8) is 0 Å². The normalized spacial score (nSPS) is 12.4. The van der Waals surface area contributed by atoms with E-state index in [0.29, 0.717) is 18.3 Å². The van der Waals surface area contributed by atoms with E-state index in [9.17, 15) is 0 Å². The lowest BCUT2D eigenvalue weighted by Gasteiger charge is -2.16. The Bertz CT molecular complexity index is 586. The van der Waals surface area contributed by atoms with Crippen molar-refractivity contribution in [3.8, 4) is 5.75 Å². The molecule has 0 saturated carbocycles. The van der Waals surface area contributed by atoms with Gasteiger partial charge >= 0.3 is 0 Å². The Morgan fingerprint density at radius 1 is 1.43 bits per heavy atom. The van der Waals surface area contributed by atoms with Gasteiger partial charge < -0.3 is 14.6 Å². The Morgan fingerprint density at radius 3 is 2.95 bits per heavy atom. The number of aryl methyl sites for hydroxylation is 1. The molecule has 0 saturated heterocycles. The van der Waals surface area contributed by atoms with E-state index in [4.69, 9.17) is 9.26 Å². The van der Waals surface area contributed by atoms with Crippen molar-refractivity contribution in [2.75, 3.05) is 7.05 Å². The standard InChI is InChI=1S/C15H20BrN3O2/c1-4-5-15-18-14(19-21-15)9-20-13-7-6-11(16)8-12(13)10(2)17-3/h6-8,10,17H,4-5,9H2,1-3H3. The van der Waals surface area contributed by atoms with E-state index in [0.717, 1.165) is 28.6 Å². The molecule has 1 heterocycles. The molecule has 1 N–H and O–H groups in total. The molecule has 0 radical (unpaired) electrons. The average Bonchev–Trinajstić information content (AvgIpc) is 2.93. The molecule has 1 atom stereocenters. The summed E-state index contributed by atoms with van der Waals surface area (Å²) in [5, 5.41) is 7.14. The van der Waals surface area contributed by atoms with Crippen LogP contribution in [0.1, 0.15) is 43.6 Å². The summed E-state index contributed by atoms with van der Waals surface area (Å²) in [6.45, 7) is 4.47. The van der Waals surface area contributed by atoms with Gasteiger partial charge in [-0.25, -0.2) is 0 Å². The SMILES string of the molecule is CCCc1nc(COc2ccc(Br)cc2C(C)NC)no1. The first-order valence-electron chi connectivity index (χ1n) is 7.05. The molecule has 0 aliphatic rings. The first kappa shape index (κ1) is 16.0. The molecular weight excluding hydrogens is 334 g/mol. The minimum absolute atomic E-state index is 0.193. The van der Waals surface area contributed by atoms with Gasteiger partial charge in [-0.3, -0.25) is 0 Å². The number of hydrogen-bond acceptors (Lipinski definition) is 5. The van der Waals surface area contributed by atoms with Crippen LogP contribution < -0.4 is 10.1 Å². The fourth-order valence-corrected chi connectivity index (χ4v) is 2.33. The van der Waals surface area contributed by atoms with Gasteiger partial charge in [0.15, 0.2) is 6.61 Å². The zero-order valence-electron chi connectivity index (χ0n) is 12.5. The van der Waals surface area contributed by atoms with Gasteiger partial charge in [0.1, 0.15) is 5.75 Å². The first-order valence-corrected chi connectivity index (χ1v) is 7.84. The van der Waals surface area contributed by atoms with Gasteiger partial charge in [-0.15, -0.1) is 0 Å². The summed E-state index contributed by atoms with van der Waals surface area (Å²) in [6.07, 6.45) is 1.78. The highest BCUT2D eigenvalue weighted by atomic mass is 79.9. The first-order chi connectivity index (χ1) is 10.1. The summed E-state index contributed by atoms with van der Waals surface area (Å²) in [7, 11) is 1.92. The molecule has 1 unspecified atom stereocenters. The molecule has 21 heavy (non-hydrogen) atoms. The van der Waals surface area contributed by atoms with Gasteiger partial charge in [0.2, 0.25) is 11.7 Å². The Kier molecular flexibility index (Phi) is 5.76. The number of hydrogen-bond donors (Lipinski definition) is 1. The third kappa shape index (κ3) is 4.28. The van der Waals surface area contributed by atoms with Crippen molar-refractivity contribution in [1.82, 2.24) is 15.5 Å². The summed E-state index contributed by atoms with van der Waals surface area (Å²) in [5.74, 6) is 2.06. The topological polar surface area (TPSA) is 60.2 Å². The van der Waals surface area contributed by atoms with Crippen LogP contribution >= 0.6 is 15.9 Å². The molecular formula is C15H20BrN3O2. The number of aromatic nitrogens is 2. The Balaban J connectivity index is 2.08. The molecule has 114 valence electrons. The highest BCUT2D eigenvalue weighted by Gasteiger charge is 2.12. The van der Waals surface area contributed by atoms with Crippen LogP contribution in [-0.2, 0) is 13.0 Å². The van der Waals surface area contributed by atoms with Gasteiger partial charge in [-0.2, -0.15) is 4.98 Å². The van der Waals surface area contributed by atoms with Crippen molar-refractivity contribution < 1.29 is 9.26 Å². The van der Waals surface area contributed by atoms with Crippen molar-refractivity contribution in [3.05, 3.63) is 40.0 Å². The number of ether oxygens (including phenoxy) is 1. The number of benzene rings is 1. The van der Waals surface area contributed by atoms with E-state index in [1.165, 1.54) is 0 Å². The van der Waals surface area contributed by atoms with Gasteiger partial charge in [-0.1, -0.05) is 28.0 Å².